The molecule has 3 rings (SSSR count). The van der Waals surface area contributed by atoms with Gasteiger partial charge in [0, 0.05) is 18.5 Å². The summed E-state index contributed by atoms with van der Waals surface area (Å²) in [5, 5.41) is 0. The zero-order valence-corrected chi connectivity index (χ0v) is 18.2. The Balaban J connectivity index is 1.52. The molecule has 1 heterocycles. The lowest BCUT2D eigenvalue weighted by atomic mass is 10.1. The third kappa shape index (κ3) is 5.34. The molecule has 0 atom stereocenters. The summed E-state index contributed by atoms with van der Waals surface area (Å²) < 4.78 is 0.412. The zero-order chi connectivity index (χ0) is 21.7. The summed E-state index contributed by atoms with van der Waals surface area (Å²) in [7, 11) is 0. The summed E-state index contributed by atoms with van der Waals surface area (Å²) in [4.78, 5) is 38.8. The molecule has 0 aliphatic carbocycles. The highest BCUT2D eigenvalue weighted by atomic mass is 32.2. The highest BCUT2D eigenvalue weighted by Crippen LogP contribution is 2.32. The number of hydrogen-bond donors (Lipinski definition) is 2. The summed E-state index contributed by atoms with van der Waals surface area (Å²) >= 11 is 6.51. The van der Waals surface area contributed by atoms with Gasteiger partial charge in [-0.3, -0.25) is 30.1 Å². The Morgan fingerprint density at radius 3 is 2.47 bits per heavy atom. The van der Waals surface area contributed by atoms with Crippen LogP contribution in [0.4, 0.5) is 0 Å². The fraction of sp³-hybridized carbons (Fsp3) is 0.182. The van der Waals surface area contributed by atoms with Gasteiger partial charge in [0.2, 0.25) is 5.91 Å². The Labute approximate surface area is 184 Å². The SMILES string of the molecule is Cc1ccc(/C=C2/SC(=S)N(CCC(=O)NNC(=O)c3ccccc3C)C2=O)cc1. The van der Waals surface area contributed by atoms with Crippen molar-refractivity contribution in [2.75, 3.05) is 6.54 Å². The Hall–Kier alpha value is -2.97. The van der Waals surface area contributed by atoms with Crippen LogP contribution in [0.2, 0.25) is 0 Å². The number of nitrogens with zero attached hydrogens (tertiary/aromatic N) is 1. The fourth-order valence-corrected chi connectivity index (χ4v) is 4.11. The Morgan fingerprint density at radius 1 is 1.07 bits per heavy atom. The topological polar surface area (TPSA) is 78.5 Å². The van der Waals surface area contributed by atoms with Crippen LogP contribution in [0, 0.1) is 13.8 Å². The number of hydrazine groups is 1. The van der Waals surface area contributed by atoms with Gasteiger partial charge in [0.05, 0.1) is 4.91 Å². The van der Waals surface area contributed by atoms with Crippen molar-refractivity contribution in [2.24, 2.45) is 0 Å². The van der Waals surface area contributed by atoms with Gasteiger partial charge in [-0.25, -0.2) is 0 Å². The molecule has 0 spiro atoms. The monoisotopic (exact) mass is 439 g/mol. The van der Waals surface area contributed by atoms with E-state index in [0.717, 1.165) is 16.7 Å². The molecule has 1 aliphatic rings. The molecule has 2 N–H and O–H groups in total. The zero-order valence-electron chi connectivity index (χ0n) is 16.6. The van der Waals surface area contributed by atoms with E-state index in [-0.39, 0.29) is 18.9 Å². The van der Waals surface area contributed by atoms with Crippen molar-refractivity contribution in [3.8, 4) is 0 Å². The van der Waals surface area contributed by atoms with E-state index in [1.807, 2.05) is 50.2 Å². The molecule has 154 valence electrons. The molecule has 0 aromatic heterocycles. The van der Waals surface area contributed by atoms with Gasteiger partial charge >= 0.3 is 0 Å². The van der Waals surface area contributed by atoms with Crippen molar-refractivity contribution in [3.05, 3.63) is 75.7 Å². The molecule has 0 radical (unpaired) electrons. The first-order valence-corrected chi connectivity index (χ1v) is 10.5. The van der Waals surface area contributed by atoms with Crippen molar-refractivity contribution in [3.63, 3.8) is 0 Å². The van der Waals surface area contributed by atoms with E-state index in [1.54, 1.807) is 18.2 Å². The van der Waals surface area contributed by atoms with E-state index in [4.69, 9.17) is 12.2 Å². The second-order valence-corrected chi connectivity index (χ2v) is 8.49. The molecular formula is C22H21N3O3S2. The number of thiocarbonyl (C=S) groups is 1. The maximum atomic E-state index is 12.6. The van der Waals surface area contributed by atoms with Crippen molar-refractivity contribution in [2.45, 2.75) is 20.3 Å². The number of nitrogens with one attached hydrogen (secondary N) is 2. The standard InChI is InChI=1S/C22H21N3O3S2/c1-14-7-9-16(10-8-14)13-18-21(28)25(22(29)30-18)12-11-19(26)23-24-20(27)17-6-4-3-5-15(17)2/h3-10,13H,11-12H2,1-2H3,(H,23,26)(H,24,27)/b18-13+. The summed E-state index contributed by atoms with van der Waals surface area (Å²) in [6.45, 7) is 3.95. The maximum Gasteiger partial charge on any atom is 0.269 e. The minimum atomic E-state index is -0.409. The van der Waals surface area contributed by atoms with Gasteiger partial charge in [-0.15, -0.1) is 0 Å². The highest BCUT2D eigenvalue weighted by Gasteiger charge is 2.32. The molecule has 30 heavy (non-hydrogen) atoms. The first kappa shape index (κ1) is 21.7. The minimum Gasteiger partial charge on any atom is -0.292 e. The molecule has 2 aromatic carbocycles. The molecule has 0 unspecified atom stereocenters. The number of hydrogen-bond acceptors (Lipinski definition) is 5. The normalized spacial score (nSPS) is 14.9. The number of amides is 3. The Bertz CT molecular complexity index is 1030. The van der Waals surface area contributed by atoms with Crippen LogP contribution in [0.5, 0.6) is 0 Å². The summed E-state index contributed by atoms with van der Waals surface area (Å²) in [6.07, 6.45) is 1.81. The lowest BCUT2D eigenvalue weighted by Crippen LogP contribution is -2.43. The van der Waals surface area contributed by atoms with Crippen LogP contribution in [0.1, 0.15) is 33.5 Å². The average Bonchev–Trinajstić information content (AvgIpc) is 2.99. The van der Waals surface area contributed by atoms with Crippen molar-refractivity contribution in [1.82, 2.24) is 15.8 Å². The van der Waals surface area contributed by atoms with E-state index in [9.17, 15) is 14.4 Å². The van der Waals surface area contributed by atoms with E-state index in [1.165, 1.54) is 16.7 Å². The number of carbonyl (C=O) groups is 3. The van der Waals surface area contributed by atoms with E-state index >= 15 is 0 Å². The predicted molar refractivity (Wildman–Crippen MR) is 122 cm³/mol. The van der Waals surface area contributed by atoms with Crippen LogP contribution in [0.3, 0.4) is 0 Å². The molecule has 1 saturated heterocycles. The van der Waals surface area contributed by atoms with Gasteiger partial charge < -0.3 is 0 Å². The summed E-state index contributed by atoms with van der Waals surface area (Å²) in [6, 6.07) is 14.9. The van der Waals surface area contributed by atoms with E-state index in [2.05, 4.69) is 10.9 Å². The molecule has 0 bridgehead atoms. The lowest BCUT2D eigenvalue weighted by molar-refractivity contribution is -0.124. The first-order chi connectivity index (χ1) is 14.3. The average molecular weight is 440 g/mol. The highest BCUT2D eigenvalue weighted by molar-refractivity contribution is 8.26. The number of thioether (sulfide) groups is 1. The van der Waals surface area contributed by atoms with Crippen molar-refractivity contribution in [1.29, 1.82) is 0 Å². The van der Waals surface area contributed by atoms with Crippen molar-refractivity contribution >= 4 is 52.1 Å². The Morgan fingerprint density at radius 2 is 1.77 bits per heavy atom. The Kier molecular flexibility index (Phi) is 7.02. The molecular weight excluding hydrogens is 418 g/mol. The molecule has 6 nitrogen and oxygen atoms in total. The number of aryl methyl sites for hydroxylation is 2. The van der Waals surface area contributed by atoms with Crippen LogP contribution in [0.15, 0.2) is 53.4 Å². The second kappa shape index (κ2) is 9.69. The third-order valence-electron chi connectivity index (χ3n) is 4.52. The van der Waals surface area contributed by atoms with Crippen molar-refractivity contribution < 1.29 is 14.4 Å². The number of rotatable bonds is 5. The van der Waals surface area contributed by atoms with Gasteiger partial charge in [0.25, 0.3) is 11.8 Å². The molecule has 8 heteroatoms. The van der Waals surface area contributed by atoms with Crippen LogP contribution >= 0.6 is 24.0 Å². The molecule has 1 fully saturated rings. The van der Waals surface area contributed by atoms with Gasteiger partial charge in [-0.2, -0.15) is 0 Å². The minimum absolute atomic E-state index is 0.0122. The maximum absolute atomic E-state index is 12.6. The summed E-state index contributed by atoms with van der Waals surface area (Å²) in [5.41, 5.74) is 8.11. The van der Waals surface area contributed by atoms with E-state index < -0.39 is 11.8 Å². The van der Waals surface area contributed by atoms with Gasteiger partial charge in [0.1, 0.15) is 4.32 Å². The predicted octanol–water partition coefficient (Wildman–Crippen LogP) is 3.36. The lowest BCUT2D eigenvalue weighted by Gasteiger charge is -2.14. The number of carbonyl (C=O) groups excluding carboxylic acids is 3. The van der Waals surface area contributed by atoms with Crippen LogP contribution in [0.25, 0.3) is 6.08 Å². The van der Waals surface area contributed by atoms with Gasteiger partial charge in [-0.05, 0) is 37.1 Å². The molecule has 2 aromatic rings. The fourth-order valence-electron chi connectivity index (χ4n) is 2.80. The molecule has 0 saturated carbocycles. The smallest absolute Gasteiger partial charge is 0.269 e. The number of benzene rings is 2. The second-order valence-electron chi connectivity index (χ2n) is 6.81. The largest absolute Gasteiger partial charge is 0.292 e. The molecule has 1 aliphatic heterocycles. The third-order valence-corrected chi connectivity index (χ3v) is 5.89. The van der Waals surface area contributed by atoms with Gasteiger partial charge in [0.15, 0.2) is 0 Å². The van der Waals surface area contributed by atoms with Crippen LogP contribution < -0.4 is 10.9 Å². The van der Waals surface area contributed by atoms with Crippen LogP contribution in [-0.2, 0) is 9.59 Å². The van der Waals surface area contributed by atoms with E-state index in [0.29, 0.717) is 14.8 Å². The van der Waals surface area contributed by atoms with Gasteiger partial charge in [-0.1, -0.05) is 72.0 Å². The quantitative estimate of drug-likeness (QED) is 0.424. The summed E-state index contributed by atoms with van der Waals surface area (Å²) in [5.74, 6) is -1.02. The first-order valence-electron chi connectivity index (χ1n) is 9.32. The van der Waals surface area contributed by atoms with Crippen LogP contribution in [-0.4, -0.2) is 33.5 Å². The molecule has 3 amide bonds.